The van der Waals surface area contributed by atoms with Crippen LogP contribution in [-0.2, 0) is 4.74 Å². The molecule has 0 aromatic heterocycles. The maximum Gasteiger partial charge on any atom is 0.107 e. The van der Waals surface area contributed by atoms with E-state index in [0.29, 0.717) is 6.54 Å². The molecule has 3 heteroatoms. The van der Waals surface area contributed by atoms with Crippen LogP contribution in [0, 0.1) is 0 Å². The fourth-order valence-electron chi connectivity index (χ4n) is 0.832. The van der Waals surface area contributed by atoms with Gasteiger partial charge in [-0.2, -0.15) is 0 Å². The number of hydrogen-bond donors (Lipinski definition) is 2. The van der Waals surface area contributed by atoms with Gasteiger partial charge >= 0.3 is 0 Å². The lowest BCUT2D eigenvalue weighted by atomic mass is 10.2. The lowest BCUT2D eigenvalue weighted by Crippen LogP contribution is -2.26. The monoisotopic (exact) mass is 128 g/mol. The molecular formula is C6H12N2O. The standard InChI is InChI=1S/C6H12N2O/c7-8-5-6-3-1-2-4-9-6/h3,8H,1-2,4-5,7H2. The summed E-state index contributed by atoms with van der Waals surface area (Å²) in [5.74, 6) is 6.06. The van der Waals surface area contributed by atoms with Crippen molar-refractivity contribution in [3.8, 4) is 0 Å². The Hall–Kier alpha value is -0.540. The first-order valence-corrected chi connectivity index (χ1v) is 3.19. The zero-order valence-corrected chi connectivity index (χ0v) is 5.39. The highest BCUT2D eigenvalue weighted by molar-refractivity contribution is 4.97. The zero-order chi connectivity index (χ0) is 6.53. The number of nitrogens with one attached hydrogen (secondary N) is 1. The lowest BCUT2D eigenvalue weighted by Gasteiger charge is -2.13. The molecular weight excluding hydrogens is 116 g/mol. The van der Waals surface area contributed by atoms with Crippen molar-refractivity contribution >= 4 is 0 Å². The molecule has 0 spiro atoms. The van der Waals surface area contributed by atoms with Crippen LogP contribution >= 0.6 is 0 Å². The van der Waals surface area contributed by atoms with Gasteiger partial charge in [0.2, 0.25) is 0 Å². The molecule has 9 heavy (non-hydrogen) atoms. The molecule has 3 nitrogen and oxygen atoms in total. The van der Waals surface area contributed by atoms with Crippen LogP contribution in [0.4, 0.5) is 0 Å². The van der Waals surface area contributed by atoms with E-state index < -0.39 is 0 Å². The van der Waals surface area contributed by atoms with Gasteiger partial charge in [0.05, 0.1) is 13.2 Å². The van der Waals surface area contributed by atoms with Gasteiger partial charge in [-0.1, -0.05) is 0 Å². The first-order chi connectivity index (χ1) is 4.43. The summed E-state index contributed by atoms with van der Waals surface area (Å²) in [7, 11) is 0. The number of rotatable bonds is 2. The highest BCUT2D eigenvalue weighted by atomic mass is 16.5. The molecule has 1 rings (SSSR count). The van der Waals surface area contributed by atoms with E-state index in [4.69, 9.17) is 10.6 Å². The van der Waals surface area contributed by atoms with Crippen LogP contribution < -0.4 is 11.3 Å². The molecule has 0 bridgehead atoms. The van der Waals surface area contributed by atoms with E-state index in [9.17, 15) is 0 Å². The van der Waals surface area contributed by atoms with Crippen LogP contribution in [-0.4, -0.2) is 13.2 Å². The summed E-state index contributed by atoms with van der Waals surface area (Å²) in [6.45, 7) is 1.49. The van der Waals surface area contributed by atoms with Gasteiger partial charge in [-0.05, 0) is 18.9 Å². The van der Waals surface area contributed by atoms with E-state index in [-0.39, 0.29) is 0 Å². The fourth-order valence-corrected chi connectivity index (χ4v) is 0.832. The number of hydrazine groups is 1. The minimum Gasteiger partial charge on any atom is -0.497 e. The van der Waals surface area contributed by atoms with Crippen molar-refractivity contribution in [3.63, 3.8) is 0 Å². The minimum atomic E-state index is 0.653. The smallest absolute Gasteiger partial charge is 0.107 e. The number of ether oxygens (including phenoxy) is 1. The summed E-state index contributed by atoms with van der Waals surface area (Å²) in [4.78, 5) is 0. The topological polar surface area (TPSA) is 47.3 Å². The van der Waals surface area contributed by atoms with Crippen molar-refractivity contribution in [1.29, 1.82) is 0 Å². The lowest BCUT2D eigenvalue weighted by molar-refractivity contribution is 0.187. The molecule has 1 heterocycles. The molecule has 0 atom stereocenters. The summed E-state index contributed by atoms with van der Waals surface area (Å²) < 4.78 is 5.24. The molecule has 0 aromatic rings. The van der Waals surface area contributed by atoms with Crippen molar-refractivity contribution in [3.05, 3.63) is 11.8 Å². The average molecular weight is 128 g/mol. The van der Waals surface area contributed by atoms with Gasteiger partial charge < -0.3 is 4.74 Å². The van der Waals surface area contributed by atoms with Gasteiger partial charge in [0, 0.05) is 0 Å². The van der Waals surface area contributed by atoms with E-state index in [1.807, 2.05) is 0 Å². The molecule has 0 fully saturated rings. The van der Waals surface area contributed by atoms with E-state index >= 15 is 0 Å². The first kappa shape index (κ1) is 6.58. The molecule has 1 aliphatic heterocycles. The Morgan fingerprint density at radius 2 is 2.67 bits per heavy atom. The molecule has 0 aliphatic carbocycles. The Balaban J connectivity index is 2.28. The minimum absolute atomic E-state index is 0.653. The quantitative estimate of drug-likeness (QED) is 0.411. The second-order valence-corrected chi connectivity index (χ2v) is 2.04. The maximum atomic E-state index is 5.24. The molecule has 0 radical (unpaired) electrons. The Morgan fingerprint density at radius 3 is 3.22 bits per heavy atom. The average Bonchev–Trinajstić information content (AvgIpc) is 1.91. The number of nitrogens with two attached hydrogens (primary N) is 1. The van der Waals surface area contributed by atoms with Crippen molar-refractivity contribution in [2.24, 2.45) is 5.84 Å². The highest BCUT2D eigenvalue weighted by Gasteiger charge is 2.01. The van der Waals surface area contributed by atoms with Gasteiger partial charge in [-0.3, -0.25) is 11.3 Å². The van der Waals surface area contributed by atoms with Crippen LogP contribution in [0.5, 0.6) is 0 Å². The maximum absolute atomic E-state index is 5.24. The van der Waals surface area contributed by atoms with E-state index in [1.165, 1.54) is 0 Å². The predicted octanol–water partition coefficient (Wildman–Crippen LogP) is 0.144. The van der Waals surface area contributed by atoms with Crippen LogP contribution in [0.3, 0.4) is 0 Å². The summed E-state index contributed by atoms with van der Waals surface area (Å²) >= 11 is 0. The van der Waals surface area contributed by atoms with Gasteiger partial charge in [-0.25, -0.2) is 0 Å². The molecule has 0 amide bonds. The summed E-state index contributed by atoms with van der Waals surface area (Å²) in [6, 6.07) is 0. The Morgan fingerprint density at radius 1 is 1.78 bits per heavy atom. The third-order valence-electron chi connectivity index (χ3n) is 1.28. The third kappa shape index (κ3) is 2.03. The van der Waals surface area contributed by atoms with Crippen molar-refractivity contribution < 1.29 is 4.74 Å². The molecule has 1 aliphatic rings. The van der Waals surface area contributed by atoms with Crippen LogP contribution in [0.2, 0.25) is 0 Å². The second-order valence-electron chi connectivity index (χ2n) is 2.04. The summed E-state index contributed by atoms with van der Waals surface area (Å²) in [5, 5.41) is 0. The highest BCUT2D eigenvalue weighted by Crippen LogP contribution is 2.07. The fraction of sp³-hybridized carbons (Fsp3) is 0.667. The van der Waals surface area contributed by atoms with Gasteiger partial charge in [0.1, 0.15) is 5.76 Å². The molecule has 0 saturated heterocycles. The second kappa shape index (κ2) is 3.48. The first-order valence-electron chi connectivity index (χ1n) is 3.19. The molecule has 0 aromatic carbocycles. The van der Waals surface area contributed by atoms with Gasteiger partial charge in [0.25, 0.3) is 0 Å². The summed E-state index contributed by atoms with van der Waals surface area (Å²) in [6.07, 6.45) is 4.33. The van der Waals surface area contributed by atoms with Crippen molar-refractivity contribution in [1.82, 2.24) is 5.43 Å². The molecule has 3 N–H and O–H groups in total. The normalized spacial score (nSPS) is 18.6. The van der Waals surface area contributed by atoms with Crippen LogP contribution in [0.15, 0.2) is 11.8 Å². The van der Waals surface area contributed by atoms with Crippen LogP contribution in [0.25, 0.3) is 0 Å². The van der Waals surface area contributed by atoms with Crippen molar-refractivity contribution in [2.75, 3.05) is 13.2 Å². The largest absolute Gasteiger partial charge is 0.497 e. The molecule has 52 valence electrons. The Bertz CT molecular complexity index is 112. The van der Waals surface area contributed by atoms with Gasteiger partial charge in [0.15, 0.2) is 0 Å². The Kier molecular flexibility index (Phi) is 2.54. The predicted molar refractivity (Wildman–Crippen MR) is 35.5 cm³/mol. The van der Waals surface area contributed by atoms with E-state index in [0.717, 1.165) is 25.2 Å². The van der Waals surface area contributed by atoms with E-state index in [1.54, 1.807) is 0 Å². The SMILES string of the molecule is NNCC1=CCCCO1. The summed E-state index contributed by atoms with van der Waals surface area (Å²) in [5.41, 5.74) is 2.54. The van der Waals surface area contributed by atoms with Crippen LogP contribution in [0.1, 0.15) is 12.8 Å². The third-order valence-corrected chi connectivity index (χ3v) is 1.28. The van der Waals surface area contributed by atoms with E-state index in [2.05, 4.69) is 11.5 Å². The number of allylic oxidation sites excluding steroid dienone is 1. The number of hydrogen-bond acceptors (Lipinski definition) is 3. The molecule has 0 saturated carbocycles. The Labute approximate surface area is 54.8 Å². The molecule has 0 unspecified atom stereocenters. The van der Waals surface area contributed by atoms with Gasteiger partial charge in [-0.15, -0.1) is 0 Å². The van der Waals surface area contributed by atoms with Crippen molar-refractivity contribution in [2.45, 2.75) is 12.8 Å². The zero-order valence-electron chi connectivity index (χ0n) is 5.39.